The fourth-order valence-corrected chi connectivity index (χ4v) is 0.0913. The van der Waals surface area contributed by atoms with Gasteiger partial charge in [-0.3, -0.25) is 0 Å². The second-order valence-corrected chi connectivity index (χ2v) is 1.37. The maximum absolute atomic E-state index is 8.27. The number of rotatable bonds is 2. The molecule has 0 unspecified atom stereocenters. The van der Waals surface area contributed by atoms with Crippen LogP contribution >= 0.6 is 0 Å². The minimum Gasteiger partial charge on any atom is -0.395 e. The van der Waals surface area contributed by atoms with E-state index >= 15 is 0 Å². The Morgan fingerprint density at radius 2 is 2.33 bits per heavy atom. The van der Waals surface area contributed by atoms with Crippen molar-refractivity contribution in [3.05, 3.63) is 0 Å². The molecule has 0 aliphatic heterocycles. The third kappa shape index (κ3) is 2.18. The molecule has 6 heavy (non-hydrogen) atoms. The van der Waals surface area contributed by atoms with Crippen molar-refractivity contribution >= 4 is 0 Å². The lowest BCUT2D eigenvalue weighted by molar-refractivity contribution is 0.258. The summed E-state index contributed by atoms with van der Waals surface area (Å²) in [5.41, 5.74) is 0. The van der Waals surface area contributed by atoms with Gasteiger partial charge in [0.25, 0.3) is 0 Å². The molecule has 0 saturated heterocycles. The Morgan fingerprint density at radius 1 is 1.83 bits per heavy atom. The van der Waals surface area contributed by atoms with E-state index < -0.39 is 0 Å². The maximum atomic E-state index is 8.27. The number of aliphatic hydroxyl groups is 1. The topological polar surface area (TPSA) is 32.3 Å². The van der Waals surface area contributed by atoms with E-state index in [1.165, 1.54) is 0 Å². The molecule has 0 aliphatic rings. The summed E-state index contributed by atoms with van der Waals surface area (Å²) < 4.78 is 0. The zero-order valence-electron chi connectivity index (χ0n) is 4.23. The highest BCUT2D eigenvalue weighted by Crippen LogP contribution is 1.69. The molecule has 2 heteroatoms. The lowest BCUT2D eigenvalue weighted by atomic mass is 10.4. The predicted molar refractivity (Wildman–Crippen MR) is 25.6 cm³/mol. The fourth-order valence-electron chi connectivity index (χ4n) is 0.0913. The zero-order valence-corrected chi connectivity index (χ0v) is 4.23. The van der Waals surface area contributed by atoms with Crippen molar-refractivity contribution in [2.75, 3.05) is 13.7 Å². The molecule has 1 atom stereocenters. The van der Waals surface area contributed by atoms with Crippen LogP contribution in [0.4, 0.5) is 0 Å². The largest absolute Gasteiger partial charge is 0.395 e. The number of aliphatic hydroxyl groups excluding tert-OH is 1. The van der Waals surface area contributed by atoms with E-state index in [9.17, 15) is 0 Å². The summed E-state index contributed by atoms with van der Waals surface area (Å²) in [5, 5.41) is 11.1. The van der Waals surface area contributed by atoms with Gasteiger partial charge in [-0.15, -0.1) is 0 Å². The Kier molecular flexibility index (Phi) is 3.08. The first kappa shape index (κ1) is 5.92. The molecule has 0 aromatic heterocycles. The number of likely N-dealkylation sites (N-methyl/N-ethyl adjacent to an activating group) is 1. The van der Waals surface area contributed by atoms with Crippen LogP contribution in [0.1, 0.15) is 6.92 Å². The summed E-state index contributed by atoms with van der Waals surface area (Å²) in [4.78, 5) is 0. The first-order valence-electron chi connectivity index (χ1n) is 2.09. The van der Waals surface area contributed by atoms with E-state index in [2.05, 4.69) is 5.32 Å². The van der Waals surface area contributed by atoms with E-state index in [4.69, 9.17) is 5.11 Å². The molecule has 0 radical (unpaired) electrons. The third-order valence-electron chi connectivity index (χ3n) is 0.767. The fraction of sp³-hybridized carbons (Fsp3) is 1.00. The average molecular weight is 89.1 g/mol. The van der Waals surface area contributed by atoms with E-state index in [-0.39, 0.29) is 12.6 Å². The van der Waals surface area contributed by atoms with Crippen LogP contribution in [0.15, 0.2) is 0 Å². The maximum Gasteiger partial charge on any atom is 0.0581 e. The van der Waals surface area contributed by atoms with Gasteiger partial charge in [0.15, 0.2) is 0 Å². The van der Waals surface area contributed by atoms with Crippen molar-refractivity contribution in [1.29, 1.82) is 0 Å². The van der Waals surface area contributed by atoms with Crippen molar-refractivity contribution in [1.82, 2.24) is 5.32 Å². The van der Waals surface area contributed by atoms with Crippen molar-refractivity contribution in [2.24, 2.45) is 0 Å². The SMILES string of the molecule is CN[C@@H](C)CO. The van der Waals surface area contributed by atoms with Gasteiger partial charge in [0, 0.05) is 6.04 Å². The summed E-state index contributed by atoms with van der Waals surface area (Å²) in [5.74, 6) is 0. The van der Waals surface area contributed by atoms with Crippen LogP contribution < -0.4 is 5.32 Å². The van der Waals surface area contributed by atoms with E-state index in [0.717, 1.165) is 0 Å². The third-order valence-corrected chi connectivity index (χ3v) is 0.767. The summed E-state index contributed by atoms with van der Waals surface area (Å²) >= 11 is 0. The van der Waals surface area contributed by atoms with Gasteiger partial charge < -0.3 is 10.4 Å². The molecule has 0 aromatic carbocycles. The monoisotopic (exact) mass is 89.1 g/mol. The Balaban J connectivity index is 2.75. The molecular weight excluding hydrogens is 78.0 g/mol. The molecule has 0 aromatic rings. The van der Waals surface area contributed by atoms with E-state index in [1.54, 1.807) is 0 Å². The zero-order chi connectivity index (χ0) is 4.99. The van der Waals surface area contributed by atoms with Gasteiger partial charge >= 0.3 is 0 Å². The lowest BCUT2D eigenvalue weighted by Crippen LogP contribution is -2.24. The second kappa shape index (κ2) is 3.12. The molecule has 2 N–H and O–H groups in total. The first-order valence-corrected chi connectivity index (χ1v) is 2.09. The highest BCUT2D eigenvalue weighted by Gasteiger charge is 1.88. The molecule has 0 fully saturated rings. The molecule has 2 nitrogen and oxygen atoms in total. The van der Waals surface area contributed by atoms with Crippen LogP contribution in [0.2, 0.25) is 0 Å². The molecule has 0 rings (SSSR count). The quantitative estimate of drug-likeness (QED) is 0.482. The molecule has 0 aliphatic carbocycles. The van der Waals surface area contributed by atoms with Gasteiger partial charge in [-0.1, -0.05) is 0 Å². The van der Waals surface area contributed by atoms with Crippen molar-refractivity contribution in [3.63, 3.8) is 0 Å². The molecule has 0 heterocycles. The van der Waals surface area contributed by atoms with E-state index in [0.29, 0.717) is 0 Å². The average Bonchev–Trinajstić information content (AvgIpc) is 1.65. The normalized spacial score (nSPS) is 14.5. The smallest absolute Gasteiger partial charge is 0.0581 e. The van der Waals surface area contributed by atoms with Crippen molar-refractivity contribution < 1.29 is 5.11 Å². The van der Waals surface area contributed by atoms with Crippen molar-refractivity contribution in [2.45, 2.75) is 13.0 Å². The highest BCUT2D eigenvalue weighted by atomic mass is 16.3. The van der Waals surface area contributed by atoms with Crippen LogP contribution in [0.5, 0.6) is 0 Å². The summed E-state index contributed by atoms with van der Waals surface area (Å²) in [6.45, 7) is 2.14. The van der Waals surface area contributed by atoms with Gasteiger partial charge in [-0.25, -0.2) is 0 Å². The molecule has 0 saturated carbocycles. The van der Waals surface area contributed by atoms with Gasteiger partial charge in [-0.05, 0) is 14.0 Å². The van der Waals surface area contributed by atoms with Crippen molar-refractivity contribution in [3.8, 4) is 0 Å². The summed E-state index contributed by atoms with van der Waals surface area (Å²) in [7, 11) is 1.82. The van der Waals surface area contributed by atoms with E-state index in [1.807, 2.05) is 14.0 Å². The summed E-state index contributed by atoms with van der Waals surface area (Å²) in [6, 6.07) is 0.241. The first-order chi connectivity index (χ1) is 2.81. The highest BCUT2D eigenvalue weighted by molar-refractivity contribution is 4.49. The minimum atomic E-state index is 0.219. The van der Waals surface area contributed by atoms with Crippen LogP contribution in [-0.2, 0) is 0 Å². The summed E-state index contributed by atoms with van der Waals surface area (Å²) in [6.07, 6.45) is 0. The second-order valence-electron chi connectivity index (χ2n) is 1.37. The molecule has 0 spiro atoms. The molecular formula is C4H11NO. The van der Waals surface area contributed by atoms with Crippen LogP contribution in [-0.4, -0.2) is 24.8 Å². The minimum absolute atomic E-state index is 0.219. The Morgan fingerprint density at radius 3 is 2.33 bits per heavy atom. The molecule has 0 bridgehead atoms. The van der Waals surface area contributed by atoms with Crippen LogP contribution in [0.25, 0.3) is 0 Å². The van der Waals surface area contributed by atoms with Gasteiger partial charge in [-0.2, -0.15) is 0 Å². The standard InChI is InChI=1S/C4H11NO/c1-4(3-6)5-2/h4-6H,3H2,1-2H3/t4-/m0/s1. The van der Waals surface area contributed by atoms with Crippen LogP contribution in [0.3, 0.4) is 0 Å². The number of nitrogens with one attached hydrogen (secondary N) is 1. The Labute approximate surface area is 38.2 Å². The number of hydrogen-bond acceptors (Lipinski definition) is 2. The number of hydrogen-bond donors (Lipinski definition) is 2. The Bertz CT molecular complexity index is 26.7. The Hall–Kier alpha value is -0.0800. The van der Waals surface area contributed by atoms with Gasteiger partial charge in [0.05, 0.1) is 6.61 Å². The van der Waals surface area contributed by atoms with Crippen LogP contribution in [0, 0.1) is 0 Å². The van der Waals surface area contributed by atoms with Gasteiger partial charge in [0.1, 0.15) is 0 Å². The predicted octanol–water partition coefficient (Wildman–Crippen LogP) is -0.413. The molecule has 38 valence electrons. The molecule has 0 amide bonds. The van der Waals surface area contributed by atoms with Gasteiger partial charge in [0.2, 0.25) is 0 Å². The lowest BCUT2D eigenvalue weighted by Gasteiger charge is -2.01.